The van der Waals surface area contributed by atoms with Crippen LogP contribution in [0.4, 0.5) is 0 Å². The first-order valence-corrected chi connectivity index (χ1v) is 6.90. The molecule has 0 fully saturated rings. The van der Waals surface area contributed by atoms with Crippen molar-refractivity contribution < 1.29 is 23.9 Å². The van der Waals surface area contributed by atoms with E-state index in [-0.39, 0.29) is 42.6 Å². The zero-order valence-corrected chi connectivity index (χ0v) is 13.2. The fourth-order valence-corrected chi connectivity index (χ4v) is 1.92. The Kier molecular flexibility index (Phi) is 5.24. The summed E-state index contributed by atoms with van der Waals surface area (Å²) in [4.78, 5) is 46.5. The van der Waals surface area contributed by atoms with E-state index >= 15 is 0 Å². The molecule has 0 bridgehead atoms. The number of esters is 1. The smallest absolute Gasteiger partial charge is 0.302 e. The van der Waals surface area contributed by atoms with Crippen LogP contribution in [0, 0.1) is 0 Å². The van der Waals surface area contributed by atoms with Gasteiger partial charge in [0.15, 0.2) is 11.5 Å². The molecule has 0 atom stereocenters. The molecule has 0 radical (unpaired) electrons. The van der Waals surface area contributed by atoms with Crippen LogP contribution in [0.1, 0.15) is 13.8 Å². The number of nitrogens with one attached hydrogen (secondary N) is 1. The lowest BCUT2D eigenvalue weighted by Gasteiger charge is -2.19. The monoisotopic (exact) mass is 339 g/mol. The Hall–Kier alpha value is -2.53. The summed E-state index contributed by atoms with van der Waals surface area (Å²) in [5.74, 6) is -1.44. The summed E-state index contributed by atoms with van der Waals surface area (Å²) in [6.45, 7) is 2.76. The molecule has 0 aromatic carbocycles. The van der Waals surface area contributed by atoms with Crippen LogP contribution in [0.2, 0.25) is 0 Å². The van der Waals surface area contributed by atoms with Gasteiger partial charge in [-0.3, -0.25) is 24.6 Å². The largest absolute Gasteiger partial charge is 0.463 e. The van der Waals surface area contributed by atoms with Crippen molar-refractivity contribution in [1.29, 1.82) is 0 Å². The van der Waals surface area contributed by atoms with Crippen LogP contribution < -0.4 is 5.32 Å². The number of carbonyl (C=O) groups is 3. The van der Waals surface area contributed by atoms with Crippen molar-refractivity contribution in [1.82, 2.24) is 10.2 Å². The predicted octanol–water partition coefficient (Wildman–Crippen LogP) is -1.00. The number of carbonyl (C=O) groups excluding carboxylic acids is 3. The van der Waals surface area contributed by atoms with E-state index in [1.54, 1.807) is 0 Å². The van der Waals surface area contributed by atoms with Gasteiger partial charge in [-0.2, -0.15) is 9.98 Å². The van der Waals surface area contributed by atoms with Crippen molar-refractivity contribution in [2.75, 3.05) is 19.9 Å². The van der Waals surface area contributed by atoms with E-state index in [2.05, 4.69) is 20.3 Å². The van der Waals surface area contributed by atoms with Crippen molar-refractivity contribution in [3.63, 3.8) is 0 Å². The summed E-state index contributed by atoms with van der Waals surface area (Å²) in [6.07, 6.45) is 0. The van der Waals surface area contributed by atoms with Crippen molar-refractivity contribution in [3.8, 4) is 0 Å². The van der Waals surface area contributed by atoms with E-state index in [1.165, 1.54) is 18.7 Å². The lowest BCUT2D eigenvalue weighted by Crippen LogP contribution is -2.42. The van der Waals surface area contributed by atoms with Crippen LogP contribution in [0.3, 0.4) is 0 Å². The number of rotatable bonds is 5. The number of guanidine groups is 1. The first-order chi connectivity index (χ1) is 10.9. The van der Waals surface area contributed by atoms with E-state index < -0.39 is 17.8 Å². The molecule has 23 heavy (non-hydrogen) atoms. The van der Waals surface area contributed by atoms with Crippen LogP contribution in [-0.2, 0) is 23.9 Å². The maximum absolute atomic E-state index is 11.9. The summed E-state index contributed by atoms with van der Waals surface area (Å²) < 4.78 is 10.0. The molecule has 2 heterocycles. The maximum Gasteiger partial charge on any atom is 0.302 e. The highest BCUT2D eigenvalue weighted by atomic mass is 32.1. The van der Waals surface area contributed by atoms with E-state index in [4.69, 9.17) is 21.7 Å². The average molecular weight is 339 g/mol. The summed E-state index contributed by atoms with van der Waals surface area (Å²) in [6, 6.07) is 0. The quantitative estimate of drug-likeness (QED) is 0.387. The molecule has 1 N–H and O–H groups in total. The Balaban J connectivity index is 2.01. The van der Waals surface area contributed by atoms with Gasteiger partial charge in [-0.15, -0.1) is 0 Å². The molecule has 0 unspecified atom stereocenters. The summed E-state index contributed by atoms with van der Waals surface area (Å²) in [5.41, 5.74) is -0.00677. The third kappa shape index (κ3) is 4.23. The zero-order chi connectivity index (χ0) is 17.0. The number of amides is 2. The van der Waals surface area contributed by atoms with Gasteiger partial charge in [0.1, 0.15) is 13.3 Å². The van der Waals surface area contributed by atoms with Crippen LogP contribution >= 0.6 is 12.2 Å². The van der Waals surface area contributed by atoms with Gasteiger partial charge in [-0.1, -0.05) is 0 Å². The molecule has 0 aromatic heterocycles. The highest BCUT2D eigenvalue weighted by Crippen LogP contribution is 2.13. The Labute approximate surface area is 136 Å². The number of nitrogens with zero attached hydrogens (tertiary/aromatic N) is 4. The SMILES string of the molecule is CC(=O)NC1=NC(=O)C2=NC(=S)N(COCCOC(C)=O)C2=N1. The van der Waals surface area contributed by atoms with Crippen LogP contribution in [0.15, 0.2) is 15.0 Å². The number of hydrogen-bond donors (Lipinski definition) is 1. The Morgan fingerprint density at radius 3 is 2.61 bits per heavy atom. The molecule has 0 aliphatic carbocycles. The van der Waals surface area contributed by atoms with Crippen LogP contribution in [-0.4, -0.2) is 65.2 Å². The molecule has 11 heteroatoms. The molecule has 0 saturated heterocycles. The topological polar surface area (TPSA) is 122 Å². The molecular formula is C12H13N5O5S. The Bertz CT molecular complexity index is 669. The second-order valence-electron chi connectivity index (χ2n) is 4.41. The third-order valence-electron chi connectivity index (χ3n) is 2.57. The van der Waals surface area contributed by atoms with Gasteiger partial charge < -0.3 is 9.47 Å². The Morgan fingerprint density at radius 2 is 1.96 bits per heavy atom. The molecule has 0 spiro atoms. The predicted molar refractivity (Wildman–Crippen MR) is 83.0 cm³/mol. The van der Waals surface area contributed by atoms with Crippen molar-refractivity contribution in [3.05, 3.63) is 0 Å². The first kappa shape index (κ1) is 16.8. The number of thiocarbonyl (C=S) groups is 1. The van der Waals surface area contributed by atoms with Gasteiger partial charge in [0, 0.05) is 13.8 Å². The molecule has 0 saturated carbocycles. The van der Waals surface area contributed by atoms with Gasteiger partial charge in [-0.25, -0.2) is 4.99 Å². The number of ether oxygens (including phenoxy) is 2. The molecule has 122 valence electrons. The van der Waals surface area contributed by atoms with E-state index in [9.17, 15) is 14.4 Å². The minimum Gasteiger partial charge on any atom is -0.463 e. The zero-order valence-electron chi connectivity index (χ0n) is 12.4. The number of amidine groups is 1. The summed E-state index contributed by atoms with van der Waals surface area (Å²) in [7, 11) is 0. The van der Waals surface area contributed by atoms with Crippen molar-refractivity contribution in [2.45, 2.75) is 13.8 Å². The van der Waals surface area contributed by atoms with Crippen LogP contribution in [0.5, 0.6) is 0 Å². The Morgan fingerprint density at radius 1 is 1.22 bits per heavy atom. The van der Waals surface area contributed by atoms with Gasteiger partial charge in [0.2, 0.25) is 17.0 Å². The van der Waals surface area contributed by atoms with E-state index in [0.29, 0.717) is 0 Å². The molecule has 10 nitrogen and oxygen atoms in total. The highest BCUT2D eigenvalue weighted by Gasteiger charge is 2.36. The normalized spacial score (nSPS) is 16.4. The molecule has 2 aliphatic heterocycles. The second-order valence-corrected chi connectivity index (χ2v) is 4.77. The summed E-state index contributed by atoms with van der Waals surface area (Å²) >= 11 is 5.06. The maximum atomic E-state index is 11.9. The summed E-state index contributed by atoms with van der Waals surface area (Å²) in [5, 5.41) is 2.42. The van der Waals surface area contributed by atoms with Gasteiger partial charge >= 0.3 is 11.9 Å². The number of fused-ring (bicyclic) bond motifs is 1. The van der Waals surface area contributed by atoms with Crippen LogP contribution in [0.25, 0.3) is 0 Å². The fourth-order valence-electron chi connectivity index (χ4n) is 1.69. The second kappa shape index (κ2) is 7.15. The number of hydrogen-bond acceptors (Lipinski definition) is 7. The first-order valence-electron chi connectivity index (χ1n) is 6.49. The third-order valence-corrected chi connectivity index (χ3v) is 2.88. The van der Waals surface area contributed by atoms with Gasteiger partial charge in [0.05, 0.1) is 6.61 Å². The lowest BCUT2D eigenvalue weighted by molar-refractivity contribution is -0.142. The van der Waals surface area contributed by atoms with Gasteiger partial charge in [-0.05, 0) is 12.2 Å². The fraction of sp³-hybridized carbons (Fsp3) is 0.417. The molecule has 2 amide bonds. The lowest BCUT2D eigenvalue weighted by atomic mass is 10.3. The molecular weight excluding hydrogens is 326 g/mol. The van der Waals surface area contributed by atoms with Gasteiger partial charge in [0.25, 0.3) is 0 Å². The minimum atomic E-state index is -0.650. The number of aliphatic imine (C=N–C) groups is 3. The molecule has 0 aromatic rings. The minimum absolute atomic E-state index is 0.00677. The van der Waals surface area contributed by atoms with Crippen molar-refractivity contribution >= 4 is 52.6 Å². The highest BCUT2D eigenvalue weighted by molar-refractivity contribution is 7.80. The average Bonchev–Trinajstić information content (AvgIpc) is 2.75. The standard InChI is InChI=1S/C12H13N5O5S/c1-6(18)13-11-15-9-8(10(20)16-11)14-12(23)17(9)5-21-3-4-22-7(2)19/h3-5H2,1-2H3,(H,13,16,18,20). The van der Waals surface area contributed by atoms with E-state index in [0.717, 1.165) is 0 Å². The molecule has 2 rings (SSSR count). The molecule has 2 aliphatic rings. The van der Waals surface area contributed by atoms with Crippen molar-refractivity contribution in [2.24, 2.45) is 15.0 Å². The van der Waals surface area contributed by atoms with E-state index in [1.807, 2.05) is 0 Å².